The monoisotopic (exact) mass is 312 g/mol. The van der Waals surface area contributed by atoms with Crippen LogP contribution in [0.15, 0.2) is 42.5 Å². The molecule has 0 radical (unpaired) electrons. The summed E-state index contributed by atoms with van der Waals surface area (Å²) in [6.45, 7) is 6.56. The molecule has 0 aliphatic rings. The minimum Gasteiger partial charge on any atom is -0.463 e. The molecule has 0 bridgehead atoms. The molecule has 0 atom stereocenters. The zero-order valence-electron chi connectivity index (χ0n) is 13.3. The SMILES string of the molecule is C=C(COCC#CCOCC#Cc1ccccc1)C(=O)OCC. The Morgan fingerprint density at radius 2 is 1.70 bits per heavy atom. The molecule has 120 valence electrons. The number of hydrogen-bond acceptors (Lipinski definition) is 4. The first-order valence-corrected chi connectivity index (χ1v) is 7.24. The van der Waals surface area contributed by atoms with E-state index in [0.29, 0.717) is 13.2 Å². The Kier molecular flexibility index (Phi) is 9.71. The Labute approximate surface area is 137 Å². The van der Waals surface area contributed by atoms with Gasteiger partial charge in [0.15, 0.2) is 0 Å². The zero-order valence-corrected chi connectivity index (χ0v) is 13.3. The second-order valence-corrected chi connectivity index (χ2v) is 4.33. The predicted molar refractivity (Wildman–Crippen MR) is 88.5 cm³/mol. The summed E-state index contributed by atoms with van der Waals surface area (Å²) in [5, 5.41) is 0. The van der Waals surface area contributed by atoms with Gasteiger partial charge in [0, 0.05) is 5.56 Å². The van der Waals surface area contributed by atoms with Gasteiger partial charge < -0.3 is 14.2 Å². The van der Waals surface area contributed by atoms with Crippen molar-refractivity contribution in [2.75, 3.05) is 33.0 Å². The van der Waals surface area contributed by atoms with Gasteiger partial charge in [-0.3, -0.25) is 0 Å². The summed E-state index contributed by atoms with van der Waals surface area (Å²) in [5.74, 6) is 11.0. The van der Waals surface area contributed by atoms with Gasteiger partial charge in [0.2, 0.25) is 0 Å². The van der Waals surface area contributed by atoms with E-state index in [4.69, 9.17) is 14.2 Å². The molecule has 0 saturated heterocycles. The minimum atomic E-state index is -0.444. The molecule has 4 nitrogen and oxygen atoms in total. The number of carbonyl (C=O) groups is 1. The third-order valence-electron chi connectivity index (χ3n) is 2.49. The molecule has 0 heterocycles. The fourth-order valence-corrected chi connectivity index (χ4v) is 1.43. The Bertz CT molecular complexity index is 612. The van der Waals surface area contributed by atoms with Gasteiger partial charge in [0.1, 0.15) is 19.8 Å². The highest BCUT2D eigenvalue weighted by molar-refractivity contribution is 5.87. The zero-order chi connectivity index (χ0) is 16.8. The molecule has 1 aromatic carbocycles. The van der Waals surface area contributed by atoms with E-state index in [2.05, 4.69) is 30.3 Å². The molecule has 0 aromatic heterocycles. The molecule has 1 rings (SSSR count). The van der Waals surface area contributed by atoms with E-state index in [1.807, 2.05) is 30.3 Å². The lowest BCUT2D eigenvalue weighted by Crippen LogP contribution is -2.11. The molecular weight excluding hydrogens is 292 g/mol. The minimum absolute atomic E-state index is 0.108. The van der Waals surface area contributed by atoms with Crippen LogP contribution < -0.4 is 0 Å². The molecule has 0 spiro atoms. The van der Waals surface area contributed by atoms with Crippen LogP contribution in [0.1, 0.15) is 12.5 Å². The molecule has 0 fully saturated rings. The smallest absolute Gasteiger partial charge is 0.335 e. The number of ether oxygens (including phenoxy) is 3. The molecule has 4 heteroatoms. The van der Waals surface area contributed by atoms with Crippen LogP contribution in [0.3, 0.4) is 0 Å². The van der Waals surface area contributed by atoms with Crippen LogP contribution in [-0.4, -0.2) is 39.0 Å². The van der Waals surface area contributed by atoms with Crippen molar-refractivity contribution in [3.8, 4) is 23.7 Å². The number of rotatable bonds is 7. The highest BCUT2D eigenvalue weighted by Gasteiger charge is 2.06. The van der Waals surface area contributed by atoms with E-state index in [1.165, 1.54) is 0 Å². The van der Waals surface area contributed by atoms with E-state index in [-0.39, 0.29) is 25.4 Å². The van der Waals surface area contributed by atoms with Crippen molar-refractivity contribution < 1.29 is 19.0 Å². The number of carbonyl (C=O) groups excluding carboxylic acids is 1. The van der Waals surface area contributed by atoms with Crippen molar-refractivity contribution in [2.45, 2.75) is 6.92 Å². The second-order valence-electron chi connectivity index (χ2n) is 4.33. The number of benzene rings is 1. The highest BCUT2D eigenvalue weighted by Crippen LogP contribution is 1.95. The van der Waals surface area contributed by atoms with Crippen LogP contribution in [0.5, 0.6) is 0 Å². The Morgan fingerprint density at radius 1 is 1.04 bits per heavy atom. The van der Waals surface area contributed by atoms with Crippen molar-refractivity contribution in [1.29, 1.82) is 0 Å². The highest BCUT2D eigenvalue weighted by atomic mass is 16.5. The summed E-state index contributed by atoms with van der Waals surface area (Å²) in [5.41, 5.74) is 1.23. The van der Waals surface area contributed by atoms with Gasteiger partial charge in [-0.25, -0.2) is 4.79 Å². The maximum Gasteiger partial charge on any atom is 0.335 e. The lowest BCUT2D eigenvalue weighted by atomic mass is 10.2. The quantitative estimate of drug-likeness (QED) is 0.335. The first-order chi connectivity index (χ1) is 11.2. The third kappa shape index (κ3) is 9.16. The third-order valence-corrected chi connectivity index (χ3v) is 2.49. The van der Waals surface area contributed by atoms with Crippen LogP contribution in [0.25, 0.3) is 0 Å². The fraction of sp³-hybridized carbons (Fsp3) is 0.316. The van der Waals surface area contributed by atoms with Crippen LogP contribution in [0.4, 0.5) is 0 Å². The summed E-state index contributed by atoms with van der Waals surface area (Å²) in [7, 11) is 0. The van der Waals surface area contributed by atoms with Crippen LogP contribution in [-0.2, 0) is 19.0 Å². The normalized spacial score (nSPS) is 9.09. The number of hydrogen-bond donors (Lipinski definition) is 0. The summed E-state index contributed by atoms with van der Waals surface area (Å²) in [6, 6.07) is 9.70. The first-order valence-electron chi connectivity index (χ1n) is 7.24. The average molecular weight is 312 g/mol. The summed E-state index contributed by atoms with van der Waals surface area (Å²) < 4.78 is 15.2. The van der Waals surface area contributed by atoms with Crippen LogP contribution in [0, 0.1) is 23.7 Å². The topological polar surface area (TPSA) is 44.8 Å². The standard InChI is InChI=1S/C19H20O4/c1-3-23-19(20)17(2)16-22-14-8-7-13-21-15-9-12-18-10-5-4-6-11-18/h4-6,10-11H,2-3,13-16H2,1H3. The van der Waals surface area contributed by atoms with Crippen LogP contribution >= 0.6 is 0 Å². The fourth-order valence-electron chi connectivity index (χ4n) is 1.43. The number of esters is 1. The average Bonchev–Trinajstić information content (AvgIpc) is 2.57. The van der Waals surface area contributed by atoms with Gasteiger partial charge in [-0.1, -0.05) is 48.5 Å². The summed E-state index contributed by atoms with van der Waals surface area (Å²) in [4.78, 5) is 11.2. The van der Waals surface area contributed by atoms with E-state index in [0.717, 1.165) is 5.56 Å². The molecule has 0 N–H and O–H groups in total. The van der Waals surface area contributed by atoms with E-state index in [9.17, 15) is 4.79 Å². The molecule has 23 heavy (non-hydrogen) atoms. The molecule has 0 unspecified atom stereocenters. The predicted octanol–water partition coefficient (Wildman–Crippen LogP) is 2.19. The lowest BCUT2D eigenvalue weighted by molar-refractivity contribution is -0.139. The largest absolute Gasteiger partial charge is 0.463 e. The lowest BCUT2D eigenvalue weighted by Gasteiger charge is -2.03. The Hall–Kier alpha value is -2.53. The molecule has 0 saturated carbocycles. The van der Waals surface area contributed by atoms with Gasteiger partial charge in [0.05, 0.1) is 18.8 Å². The maximum absolute atomic E-state index is 11.2. The first kappa shape index (κ1) is 18.5. The van der Waals surface area contributed by atoms with Crippen molar-refractivity contribution in [1.82, 2.24) is 0 Å². The molecule has 1 aromatic rings. The maximum atomic E-state index is 11.2. The summed E-state index contributed by atoms with van der Waals surface area (Å²) >= 11 is 0. The van der Waals surface area contributed by atoms with Gasteiger partial charge in [0.25, 0.3) is 0 Å². The molecule has 0 aliphatic carbocycles. The van der Waals surface area contributed by atoms with Crippen LogP contribution in [0.2, 0.25) is 0 Å². The molecule has 0 amide bonds. The van der Waals surface area contributed by atoms with Gasteiger partial charge >= 0.3 is 5.97 Å². The molecule has 0 aliphatic heterocycles. The Balaban J connectivity index is 2.07. The van der Waals surface area contributed by atoms with Crippen molar-refractivity contribution in [3.05, 3.63) is 48.0 Å². The van der Waals surface area contributed by atoms with Crippen molar-refractivity contribution in [2.24, 2.45) is 0 Å². The van der Waals surface area contributed by atoms with Gasteiger partial charge in [-0.05, 0) is 19.1 Å². The van der Waals surface area contributed by atoms with Gasteiger partial charge in [-0.15, -0.1) is 0 Å². The van der Waals surface area contributed by atoms with Crippen molar-refractivity contribution >= 4 is 5.97 Å². The Morgan fingerprint density at radius 3 is 2.39 bits per heavy atom. The molecular formula is C19H20O4. The summed E-state index contributed by atoms with van der Waals surface area (Å²) in [6.07, 6.45) is 0. The van der Waals surface area contributed by atoms with E-state index < -0.39 is 5.97 Å². The second kappa shape index (κ2) is 12.1. The van der Waals surface area contributed by atoms with E-state index >= 15 is 0 Å². The van der Waals surface area contributed by atoms with Gasteiger partial charge in [-0.2, -0.15) is 0 Å². The van der Waals surface area contributed by atoms with E-state index in [1.54, 1.807) is 6.92 Å². The van der Waals surface area contributed by atoms with Crippen molar-refractivity contribution in [3.63, 3.8) is 0 Å².